The number of aromatic nitrogens is 1. The van der Waals surface area contributed by atoms with Crippen molar-refractivity contribution in [2.75, 3.05) is 31.6 Å². The van der Waals surface area contributed by atoms with Crippen molar-refractivity contribution in [1.82, 2.24) is 9.47 Å². The molecule has 1 aliphatic heterocycles. The predicted octanol–water partition coefficient (Wildman–Crippen LogP) is -2.09. The Morgan fingerprint density at radius 3 is 2.45 bits per heavy atom. The number of aromatic carboxylic acids is 1. The Labute approximate surface area is 221 Å². The van der Waals surface area contributed by atoms with Crippen molar-refractivity contribution >= 4 is 28.5 Å². The normalized spacial score (nSPS) is 18.6. The molecule has 2 aliphatic rings. The Hall–Kier alpha value is -1.46. The number of carbonyl (C=O) groups excluding carboxylic acids is 2. The van der Waals surface area contributed by atoms with Crippen molar-refractivity contribution < 1.29 is 75.2 Å². The van der Waals surface area contributed by atoms with E-state index in [4.69, 9.17) is 4.74 Å². The van der Waals surface area contributed by atoms with E-state index in [0.29, 0.717) is 25.2 Å². The zero-order valence-electron chi connectivity index (χ0n) is 18.1. The van der Waals surface area contributed by atoms with E-state index in [2.05, 4.69) is 0 Å². The number of anilines is 1. The molecule has 1 saturated heterocycles. The fourth-order valence-corrected chi connectivity index (χ4v) is 4.35. The van der Waals surface area contributed by atoms with Crippen LogP contribution in [0.2, 0.25) is 0 Å². The number of ether oxygens (including phenoxy) is 1. The van der Waals surface area contributed by atoms with Crippen LogP contribution in [0.25, 0.3) is 10.9 Å². The van der Waals surface area contributed by atoms with E-state index < -0.39 is 22.8 Å². The average Bonchev–Trinajstić information content (AvgIpc) is 3.52. The molecule has 31 heavy (non-hydrogen) atoms. The van der Waals surface area contributed by atoms with Gasteiger partial charge in [-0.2, -0.15) is 0 Å². The molecule has 10 heteroatoms. The molecule has 1 amide bonds. The maximum atomic E-state index is 15.3. The van der Waals surface area contributed by atoms with Gasteiger partial charge in [0.15, 0.2) is 17.0 Å². The van der Waals surface area contributed by atoms with Gasteiger partial charge in [0, 0.05) is 44.8 Å². The smallest absolute Gasteiger partial charge is 0.545 e. The molecule has 1 aliphatic carbocycles. The largest absolute Gasteiger partial charge is 1.00 e. The summed E-state index contributed by atoms with van der Waals surface area (Å²) in [6.45, 7) is 4.66. The molecule has 1 saturated carbocycles. The number of piperazine rings is 1. The van der Waals surface area contributed by atoms with E-state index in [1.54, 1.807) is 9.47 Å². The third-order valence-corrected chi connectivity index (χ3v) is 5.91. The molecule has 2 heterocycles. The molecule has 1 atom stereocenters. The van der Waals surface area contributed by atoms with E-state index >= 15 is 4.39 Å². The Bertz CT molecular complexity index is 1110. The summed E-state index contributed by atoms with van der Waals surface area (Å²) in [5, 5.41) is 11.4. The first kappa shape index (κ1) is 24.2. The van der Waals surface area contributed by atoms with Gasteiger partial charge in [-0.15, -0.1) is 0 Å². The number of benzene rings is 1. The number of carbonyl (C=O) groups is 2. The number of methoxy groups -OCH3 is 1. The molecule has 0 N–H and O–H groups in total. The number of carboxylic acids is 1. The number of fused-ring (bicyclic) bond motifs is 1. The van der Waals surface area contributed by atoms with Gasteiger partial charge in [-0.05, 0) is 25.8 Å². The van der Waals surface area contributed by atoms with Crippen molar-refractivity contribution in [3.63, 3.8) is 0 Å². The van der Waals surface area contributed by atoms with Crippen molar-refractivity contribution in [2.45, 2.75) is 38.8 Å². The first-order valence-electron chi connectivity index (χ1n) is 9.93. The second kappa shape index (κ2) is 9.18. The summed E-state index contributed by atoms with van der Waals surface area (Å²) >= 11 is 0. The second-order valence-electron chi connectivity index (χ2n) is 7.94. The minimum Gasteiger partial charge on any atom is -0.545 e. The molecule has 2 fully saturated rings. The first-order chi connectivity index (χ1) is 14.2. The quantitative estimate of drug-likeness (QED) is 0.491. The molecule has 0 bridgehead atoms. The second-order valence-corrected chi connectivity index (χ2v) is 7.94. The third kappa shape index (κ3) is 4.28. The molecule has 160 valence electrons. The van der Waals surface area contributed by atoms with Gasteiger partial charge in [0.25, 0.3) is 0 Å². The third-order valence-electron chi connectivity index (χ3n) is 5.91. The van der Waals surface area contributed by atoms with E-state index in [1.807, 2.05) is 11.8 Å². The standard InChI is InChI=1S/C21H24FN3O5.K/c1-11-9-23(6-7-24(11)12(2)26)18-16(22)8-14-17(20(18)30-3)25(13-4-5-13)10-15(19(14)27)21(28)29;/h8,10-11,13H,4-7,9H2,1-3H3,(H,28,29);/q;+1/p-1. The van der Waals surface area contributed by atoms with E-state index in [0.717, 1.165) is 18.9 Å². The molecular formula is C21H23FKN3O5. The molecule has 4 rings (SSSR count). The Balaban J connectivity index is 0.00000272. The summed E-state index contributed by atoms with van der Waals surface area (Å²) in [6.07, 6.45) is 2.93. The Morgan fingerprint density at radius 1 is 1.26 bits per heavy atom. The van der Waals surface area contributed by atoms with E-state index in [-0.39, 0.29) is 86.2 Å². The SMILES string of the molecule is COc1c(N2CCN(C(C)=O)C(C)C2)c(F)cc2c(=O)c(C(=O)[O-])cn(C3CC3)c12.[K+]. The van der Waals surface area contributed by atoms with Gasteiger partial charge in [-0.25, -0.2) is 4.39 Å². The number of carboxylic acid groups (broad SMARTS) is 1. The minimum atomic E-state index is -1.59. The number of halogens is 1. The summed E-state index contributed by atoms with van der Waals surface area (Å²) in [4.78, 5) is 39.5. The Kier molecular flexibility index (Phi) is 7.17. The number of amides is 1. The van der Waals surface area contributed by atoms with Crippen molar-refractivity contribution in [3.8, 4) is 5.75 Å². The molecule has 1 unspecified atom stereocenters. The topological polar surface area (TPSA) is 94.9 Å². The van der Waals surface area contributed by atoms with Gasteiger partial charge < -0.3 is 29.0 Å². The first-order valence-corrected chi connectivity index (χ1v) is 9.93. The Morgan fingerprint density at radius 2 is 1.94 bits per heavy atom. The summed E-state index contributed by atoms with van der Waals surface area (Å²) in [5.74, 6) is -2.10. The van der Waals surface area contributed by atoms with Crippen LogP contribution in [0.4, 0.5) is 10.1 Å². The summed E-state index contributed by atoms with van der Waals surface area (Å²) in [6, 6.07) is 0.983. The van der Waals surface area contributed by atoms with Crippen molar-refractivity contribution in [1.29, 1.82) is 0 Å². The maximum absolute atomic E-state index is 15.3. The van der Waals surface area contributed by atoms with Crippen LogP contribution in [0.1, 0.15) is 43.1 Å². The molecule has 2 aromatic rings. The van der Waals surface area contributed by atoms with Crippen LogP contribution < -0.4 is 71.6 Å². The van der Waals surface area contributed by atoms with Gasteiger partial charge in [0.05, 0.1) is 29.5 Å². The van der Waals surface area contributed by atoms with Crippen LogP contribution >= 0.6 is 0 Å². The number of hydrogen-bond acceptors (Lipinski definition) is 6. The van der Waals surface area contributed by atoms with E-state index in [1.165, 1.54) is 20.2 Å². The molecule has 8 nitrogen and oxygen atoms in total. The predicted molar refractivity (Wildman–Crippen MR) is 106 cm³/mol. The van der Waals surface area contributed by atoms with Crippen LogP contribution in [-0.2, 0) is 4.79 Å². The summed E-state index contributed by atoms with van der Waals surface area (Å²) in [5.41, 5.74) is -0.684. The van der Waals surface area contributed by atoms with Gasteiger partial charge in [-0.3, -0.25) is 9.59 Å². The van der Waals surface area contributed by atoms with Gasteiger partial charge in [-0.1, -0.05) is 0 Å². The van der Waals surface area contributed by atoms with Crippen LogP contribution in [-0.4, -0.2) is 54.1 Å². The summed E-state index contributed by atoms with van der Waals surface area (Å²) in [7, 11) is 1.40. The monoisotopic (exact) mass is 455 g/mol. The fraction of sp³-hybridized carbons (Fsp3) is 0.476. The van der Waals surface area contributed by atoms with Crippen LogP contribution in [0.5, 0.6) is 5.75 Å². The number of hydrogen-bond donors (Lipinski definition) is 0. The zero-order chi connectivity index (χ0) is 21.7. The molecule has 0 spiro atoms. The number of nitrogens with zero attached hydrogens (tertiary/aromatic N) is 3. The van der Waals surface area contributed by atoms with Gasteiger partial charge in [0.1, 0.15) is 5.69 Å². The summed E-state index contributed by atoms with van der Waals surface area (Å²) < 4.78 is 22.6. The maximum Gasteiger partial charge on any atom is 1.00 e. The van der Waals surface area contributed by atoms with Crippen LogP contribution in [0, 0.1) is 5.82 Å². The van der Waals surface area contributed by atoms with Gasteiger partial charge >= 0.3 is 51.4 Å². The molecule has 1 aromatic carbocycles. The molecule has 1 aromatic heterocycles. The van der Waals surface area contributed by atoms with Gasteiger partial charge in [0.2, 0.25) is 5.91 Å². The molecule has 0 radical (unpaired) electrons. The van der Waals surface area contributed by atoms with E-state index in [9.17, 15) is 19.5 Å². The molecular weight excluding hydrogens is 432 g/mol. The zero-order valence-corrected chi connectivity index (χ0v) is 21.2. The number of rotatable bonds is 4. The van der Waals surface area contributed by atoms with Crippen molar-refractivity contribution in [3.05, 3.63) is 33.9 Å². The van der Waals surface area contributed by atoms with Crippen LogP contribution in [0.15, 0.2) is 17.1 Å². The van der Waals surface area contributed by atoms with Crippen molar-refractivity contribution in [2.24, 2.45) is 0 Å². The number of pyridine rings is 1. The average molecular weight is 456 g/mol. The van der Waals surface area contributed by atoms with Crippen LogP contribution in [0.3, 0.4) is 0 Å². The fourth-order valence-electron chi connectivity index (χ4n) is 4.35. The minimum absolute atomic E-state index is 0.